The standard InChI is InChI=1S/C19H21ClN2O4S/c1-14-12-15(20)4-9-18(14)26-13-19(23)21-16-5-7-17(8-6-16)27(24,25)22-10-2-3-11-22/h4-9,12H,2-3,10-11,13H2,1H3,(H,21,23). The zero-order valence-electron chi connectivity index (χ0n) is 14.9. The van der Waals surface area contributed by atoms with E-state index in [2.05, 4.69) is 5.32 Å². The number of carbonyl (C=O) groups is 1. The number of nitrogens with zero attached hydrogens (tertiary/aromatic N) is 1. The lowest BCUT2D eigenvalue weighted by molar-refractivity contribution is -0.118. The second kappa shape index (κ2) is 8.29. The maximum absolute atomic E-state index is 12.5. The summed E-state index contributed by atoms with van der Waals surface area (Å²) in [4.78, 5) is 12.3. The number of anilines is 1. The molecule has 0 saturated carbocycles. The van der Waals surface area contributed by atoms with E-state index in [0.29, 0.717) is 29.5 Å². The van der Waals surface area contributed by atoms with Crippen molar-refractivity contribution in [3.63, 3.8) is 0 Å². The molecule has 0 spiro atoms. The van der Waals surface area contributed by atoms with Gasteiger partial charge in [-0.3, -0.25) is 4.79 Å². The van der Waals surface area contributed by atoms with Gasteiger partial charge in [0.15, 0.2) is 6.61 Å². The first-order chi connectivity index (χ1) is 12.9. The summed E-state index contributed by atoms with van der Waals surface area (Å²) in [5, 5.41) is 3.30. The molecule has 1 amide bonds. The van der Waals surface area contributed by atoms with Crippen LogP contribution in [0.1, 0.15) is 18.4 Å². The fraction of sp³-hybridized carbons (Fsp3) is 0.316. The van der Waals surface area contributed by atoms with Crippen molar-refractivity contribution in [1.82, 2.24) is 4.31 Å². The summed E-state index contributed by atoms with van der Waals surface area (Å²) in [6.45, 7) is 2.81. The predicted molar refractivity (Wildman–Crippen MR) is 105 cm³/mol. The SMILES string of the molecule is Cc1cc(Cl)ccc1OCC(=O)Nc1ccc(S(=O)(=O)N2CCCC2)cc1. The lowest BCUT2D eigenvalue weighted by Crippen LogP contribution is -2.27. The molecule has 1 fully saturated rings. The van der Waals surface area contributed by atoms with Crippen LogP contribution in [0.2, 0.25) is 5.02 Å². The fourth-order valence-electron chi connectivity index (χ4n) is 2.90. The zero-order valence-corrected chi connectivity index (χ0v) is 16.5. The van der Waals surface area contributed by atoms with Crippen LogP contribution in [0.15, 0.2) is 47.4 Å². The Bertz CT molecular complexity index is 923. The number of amides is 1. The first-order valence-corrected chi connectivity index (χ1v) is 10.5. The van der Waals surface area contributed by atoms with Gasteiger partial charge in [0.2, 0.25) is 10.0 Å². The molecule has 0 aromatic heterocycles. The number of hydrogen-bond acceptors (Lipinski definition) is 4. The Kier molecular flexibility index (Phi) is 6.04. The van der Waals surface area contributed by atoms with Gasteiger partial charge < -0.3 is 10.1 Å². The zero-order chi connectivity index (χ0) is 19.4. The summed E-state index contributed by atoms with van der Waals surface area (Å²) in [7, 11) is -3.45. The molecule has 0 atom stereocenters. The Balaban J connectivity index is 1.58. The summed E-state index contributed by atoms with van der Waals surface area (Å²) in [5.74, 6) is 0.251. The fourth-order valence-corrected chi connectivity index (χ4v) is 4.65. The molecular weight excluding hydrogens is 388 g/mol. The molecule has 1 heterocycles. The van der Waals surface area contributed by atoms with Crippen molar-refractivity contribution in [1.29, 1.82) is 0 Å². The van der Waals surface area contributed by atoms with E-state index in [-0.39, 0.29) is 17.4 Å². The number of benzene rings is 2. The van der Waals surface area contributed by atoms with Gasteiger partial charge in [0.1, 0.15) is 5.75 Å². The summed E-state index contributed by atoms with van der Waals surface area (Å²) in [5.41, 5.74) is 1.35. The number of rotatable bonds is 6. The smallest absolute Gasteiger partial charge is 0.262 e. The van der Waals surface area contributed by atoms with Crippen LogP contribution in [0.4, 0.5) is 5.69 Å². The third-order valence-electron chi connectivity index (χ3n) is 4.34. The van der Waals surface area contributed by atoms with Gasteiger partial charge in [-0.1, -0.05) is 11.6 Å². The van der Waals surface area contributed by atoms with Crippen molar-refractivity contribution in [2.75, 3.05) is 25.0 Å². The number of halogens is 1. The second-order valence-corrected chi connectivity index (χ2v) is 8.76. The Morgan fingerprint density at radius 3 is 2.44 bits per heavy atom. The average Bonchev–Trinajstić information content (AvgIpc) is 3.17. The molecular formula is C19H21ClN2O4S. The Hall–Kier alpha value is -2.09. The lowest BCUT2D eigenvalue weighted by Gasteiger charge is -2.15. The number of ether oxygens (including phenoxy) is 1. The van der Waals surface area contributed by atoms with Crippen LogP contribution < -0.4 is 10.1 Å². The van der Waals surface area contributed by atoms with Gasteiger partial charge in [-0.2, -0.15) is 4.31 Å². The molecule has 1 saturated heterocycles. The van der Waals surface area contributed by atoms with E-state index in [1.54, 1.807) is 30.3 Å². The summed E-state index contributed by atoms with van der Waals surface area (Å²) < 4.78 is 32.0. The molecule has 2 aromatic carbocycles. The van der Waals surface area contributed by atoms with Gasteiger partial charge in [0.05, 0.1) is 4.90 Å². The van der Waals surface area contributed by atoms with Crippen LogP contribution >= 0.6 is 11.6 Å². The van der Waals surface area contributed by atoms with Gasteiger partial charge in [0, 0.05) is 23.8 Å². The molecule has 0 bridgehead atoms. The van der Waals surface area contributed by atoms with Gasteiger partial charge in [0.25, 0.3) is 5.91 Å². The number of aryl methyl sites for hydroxylation is 1. The van der Waals surface area contributed by atoms with Crippen LogP contribution in [0, 0.1) is 6.92 Å². The largest absolute Gasteiger partial charge is 0.483 e. The molecule has 144 valence electrons. The summed E-state index contributed by atoms with van der Waals surface area (Å²) in [6, 6.07) is 11.3. The Labute approximate surface area is 164 Å². The highest BCUT2D eigenvalue weighted by molar-refractivity contribution is 7.89. The van der Waals surface area contributed by atoms with Crippen molar-refractivity contribution in [3.8, 4) is 5.75 Å². The number of nitrogens with one attached hydrogen (secondary N) is 1. The van der Waals surface area contributed by atoms with E-state index >= 15 is 0 Å². The van der Waals surface area contributed by atoms with E-state index in [9.17, 15) is 13.2 Å². The minimum absolute atomic E-state index is 0.156. The van der Waals surface area contributed by atoms with Crippen molar-refractivity contribution >= 4 is 33.2 Å². The molecule has 2 aromatic rings. The van der Waals surface area contributed by atoms with Crippen LogP contribution in [0.3, 0.4) is 0 Å². The highest BCUT2D eigenvalue weighted by Gasteiger charge is 2.26. The van der Waals surface area contributed by atoms with Gasteiger partial charge in [-0.05, 0) is 67.8 Å². The number of hydrogen-bond donors (Lipinski definition) is 1. The monoisotopic (exact) mass is 408 g/mol. The topological polar surface area (TPSA) is 75.7 Å². The van der Waals surface area contributed by atoms with Crippen molar-refractivity contribution in [2.24, 2.45) is 0 Å². The van der Waals surface area contributed by atoms with Crippen molar-refractivity contribution < 1.29 is 17.9 Å². The molecule has 0 unspecified atom stereocenters. The van der Waals surface area contributed by atoms with E-state index in [0.717, 1.165) is 18.4 Å². The molecule has 3 rings (SSSR count). The maximum Gasteiger partial charge on any atom is 0.262 e. The molecule has 1 aliphatic heterocycles. The second-order valence-electron chi connectivity index (χ2n) is 6.38. The highest BCUT2D eigenvalue weighted by atomic mass is 35.5. The average molecular weight is 409 g/mol. The normalized spacial score (nSPS) is 14.9. The molecule has 6 nitrogen and oxygen atoms in total. The molecule has 0 aliphatic carbocycles. The molecule has 8 heteroatoms. The first kappa shape index (κ1) is 19.7. The molecule has 1 N–H and O–H groups in total. The van der Waals surface area contributed by atoms with E-state index in [1.165, 1.54) is 16.4 Å². The van der Waals surface area contributed by atoms with Crippen molar-refractivity contribution in [2.45, 2.75) is 24.7 Å². The molecule has 27 heavy (non-hydrogen) atoms. The summed E-state index contributed by atoms with van der Waals surface area (Å²) >= 11 is 5.89. The summed E-state index contributed by atoms with van der Waals surface area (Å²) in [6.07, 6.45) is 1.78. The van der Waals surface area contributed by atoms with Crippen LogP contribution in [0.5, 0.6) is 5.75 Å². The third kappa shape index (κ3) is 4.80. The Morgan fingerprint density at radius 2 is 1.81 bits per heavy atom. The molecule has 0 radical (unpaired) electrons. The predicted octanol–water partition coefficient (Wildman–Crippen LogP) is 3.45. The highest BCUT2D eigenvalue weighted by Crippen LogP contribution is 2.23. The van der Waals surface area contributed by atoms with E-state index < -0.39 is 10.0 Å². The van der Waals surface area contributed by atoms with E-state index in [1.807, 2.05) is 6.92 Å². The first-order valence-electron chi connectivity index (χ1n) is 8.65. The number of sulfonamides is 1. The minimum Gasteiger partial charge on any atom is -0.483 e. The van der Waals surface area contributed by atoms with Crippen molar-refractivity contribution in [3.05, 3.63) is 53.1 Å². The van der Waals surface area contributed by atoms with Crippen LogP contribution in [-0.2, 0) is 14.8 Å². The third-order valence-corrected chi connectivity index (χ3v) is 6.48. The van der Waals surface area contributed by atoms with E-state index in [4.69, 9.17) is 16.3 Å². The number of carbonyl (C=O) groups excluding carboxylic acids is 1. The van der Waals surface area contributed by atoms with Gasteiger partial charge in [-0.15, -0.1) is 0 Å². The van der Waals surface area contributed by atoms with Crippen LogP contribution in [-0.4, -0.2) is 38.3 Å². The van der Waals surface area contributed by atoms with Gasteiger partial charge in [-0.25, -0.2) is 8.42 Å². The lowest BCUT2D eigenvalue weighted by atomic mass is 10.2. The quantitative estimate of drug-likeness (QED) is 0.794. The molecule has 1 aliphatic rings. The maximum atomic E-state index is 12.5. The Morgan fingerprint density at radius 1 is 1.15 bits per heavy atom. The van der Waals surface area contributed by atoms with Gasteiger partial charge >= 0.3 is 0 Å². The minimum atomic E-state index is -3.45. The van der Waals surface area contributed by atoms with Crippen LogP contribution in [0.25, 0.3) is 0 Å².